The van der Waals surface area contributed by atoms with Gasteiger partial charge in [0.05, 0.1) is 11.6 Å². The lowest BCUT2D eigenvalue weighted by Gasteiger charge is -2.00. The van der Waals surface area contributed by atoms with Gasteiger partial charge in [0.15, 0.2) is 0 Å². The molecule has 0 fully saturated rings. The Hall–Kier alpha value is -1.53. The molecule has 0 bridgehead atoms. The highest BCUT2D eigenvalue weighted by Gasteiger charge is 1.91. The lowest BCUT2D eigenvalue weighted by atomic mass is 10.2. The number of hydrogen-bond acceptors (Lipinski definition) is 3. The molecule has 0 spiro atoms. The highest BCUT2D eigenvalue weighted by Crippen LogP contribution is 2.09. The molecule has 0 aliphatic rings. The number of nitrogens with one attached hydrogen (secondary N) is 1. The van der Waals surface area contributed by atoms with Crippen LogP contribution in [0, 0.1) is 11.3 Å². The van der Waals surface area contributed by atoms with Crippen LogP contribution in [0.15, 0.2) is 24.3 Å². The van der Waals surface area contributed by atoms with E-state index in [1.165, 1.54) is 0 Å². The predicted octanol–water partition coefficient (Wildman–Crippen LogP) is 1.07. The van der Waals surface area contributed by atoms with Gasteiger partial charge in [0.2, 0.25) is 0 Å². The lowest BCUT2D eigenvalue weighted by molar-refractivity contribution is 0.224. The van der Waals surface area contributed by atoms with Gasteiger partial charge in [-0.25, -0.2) is 0 Å². The Labute approximate surface area is 65.2 Å². The van der Waals surface area contributed by atoms with E-state index in [0.29, 0.717) is 11.3 Å². The minimum absolute atomic E-state index is 0.633. The first kappa shape index (κ1) is 7.58. The van der Waals surface area contributed by atoms with Crippen LogP contribution in [0.1, 0.15) is 5.56 Å². The van der Waals surface area contributed by atoms with Gasteiger partial charge in [-0.15, -0.1) is 0 Å². The van der Waals surface area contributed by atoms with Crippen LogP contribution < -0.4 is 10.3 Å². The van der Waals surface area contributed by atoms with E-state index in [4.69, 9.17) is 10.1 Å². The highest BCUT2D eigenvalue weighted by molar-refractivity contribution is 5.34. The van der Waals surface area contributed by atoms with Crippen molar-refractivity contribution < 1.29 is 4.84 Å². The van der Waals surface area contributed by atoms with Crippen molar-refractivity contribution in [1.29, 1.82) is 5.26 Å². The van der Waals surface area contributed by atoms with Crippen LogP contribution in [0.25, 0.3) is 0 Å². The molecule has 0 unspecified atom stereocenters. The van der Waals surface area contributed by atoms with E-state index in [0.717, 1.165) is 0 Å². The smallest absolute Gasteiger partial charge is 0.147 e. The van der Waals surface area contributed by atoms with Gasteiger partial charge in [0, 0.05) is 7.05 Å². The summed E-state index contributed by atoms with van der Waals surface area (Å²) in [4.78, 5) is 4.95. The van der Waals surface area contributed by atoms with Crippen molar-refractivity contribution in [3.05, 3.63) is 29.8 Å². The van der Waals surface area contributed by atoms with Crippen LogP contribution >= 0.6 is 0 Å². The standard InChI is InChI=1S/C8H8N2O/c1-10-11-8-4-2-7(6-9)3-5-8/h2-5,10H,1H3. The van der Waals surface area contributed by atoms with Crippen molar-refractivity contribution in [3.8, 4) is 11.8 Å². The predicted molar refractivity (Wildman–Crippen MR) is 40.8 cm³/mol. The third kappa shape index (κ3) is 1.95. The first-order chi connectivity index (χ1) is 5.36. The van der Waals surface area contributed by atoms with Crippen molar-refractivity contribution in [2.75, 3.05) is 7.05 Å². The second kappa shape index (κ2) is 3.59. The first-order valence-electron chi connectivity index (χ1n) is 3.20. The summed E-state index contributed by atoms with van der Waals surface area (Å²) >= 11 is 0. The summed E-state index contributed by atoms with van der Waals surface area (Å²) in [6.07, 6.45) is 0. The summed E-state index contributed by atoms with van der Waals surface area (Å²) in [7, 11) is 1.68. The quantitative estimate of drug-likeness (QED) is 0.638. The summed E-state index contributed by atoms with van der Waals surface area (Å²) in [6.45, 7) is 0. The number of benzene rings is 1. The summed E-state index contributed by atoms with van der Waals surface area (Å²) in [5.41, 5.74) is 3.17. The second-order valence-corrected chi connectivity index (χ2v) is 1.94. The number of rotatable bonds is 2. The number of hydrogen-bond donors (Lipinski definition) is 1. The zero-order valence-electron chi connectivity index (χ0n) is 6.16. The molecule has 0 saturated carbocycles. The molecule has 3 heteroatoms. The molecule has 11 heavy (non-hydrogen) atoms. The molecule has 0 aromatic heterocycles. The fourth-order valence-corrected chi connectivity index (χ4v) is 0.715. The lowest BCUT2D eigenvalue weighted by Crippen LogP contribution is -2.10. The Kier molecular flexibility index (Phi) is 2.47. The third-order valence-corrected chi connectivity index (χ3v) is 1.20. The maximum Gasteiger partial charge on any atom is 0.147 e. The molecule has 0 aliphatic heterocycles. The fraction of sp³-hybridized carbons (Fsp3) is 0.125. The molecule has 3 nitrogen and oxygen atoms in total. The van der Waals surface area contributed by atoms with Crippen molar-refractivity contribution in [1.82, 2.24) is 5.48 Å². The summed E-state index contributed by atoms with van der Waals surface area (Å²) in [6, 6.07) is 8.88. The van der Waals surface area contributed by atoms with Gasteiger partial charge >= 0.3 is 0 Å². The van der Waals surface area contributed by atoms with Crippen LogP contribution in [0.4, 0.5) is 0 Å². The molecule has 1 rings (SSSR count). The van der Waals surface area contributed by atoms with E-state index in [2.05, 4.69) is 5.48 Å². The second-order valence-electron chi connectivity index (χ2n) is 1.94. The topological polar surface area (TPSA) is 45.0 Å². The Balaban J connectivity index is 2.76. The minimum atomic E-state index is 0.633. The van der Waals surface area contributed by atoms with Crippen LogP contribution in [0.3, 0.4) is 0 Å². The largest absolute Gasteiger partial charge is 0.409 e. The molecule has 1 N–H and O–H groups in total. The highest BCUT2D eigenvalue weighted by atomic mass is 16.6. The Bertz CT molecular complexity index is 260. The molecule has 0 aliphatic carbocycles. The number of nitriles is 1. The van der Waals surface area contributed by atoms with Crippen molar-refractivity contribution in [2.45, 2.75) is 0 Å². The van der Waals surface area contributed by atoms with Gasteiger partial charge in [-0.1, -0.05) is 0 Å². The molecule has 0 atom stereocenters. The maximum absolute atomic E-state index is 8.45. The van der Waals surface area contributed by atoms with Crippen molar-refractivity contribution in [3.63, 3.8) is 0 Å². The van der Waals surface area contributed by atoms with E-state index < -0.39 is 0 Å². The van der Waals surface area contributed by atoms with Crippen LogP contribution in [0.2, 0.25) is 0 Å². The molecule has 0 radical (unpaired) electrons. The van der Waals surface area contributed by atoms with Gasteiger partial charge in [-0.05, 0) is 24.3 Å². The zero-order valence-corrected chi connectivity index (χ0v) is 6.16. The van der Waals surface area contributed by atoms with E-state index in [-0.39, 0.29) is 0 Å². The Morgan fingerprint density at radius 2 is 2.00 bits per heavy atom. The van der Waals surface area contributed by atoms with Gasteiger partial charge in [-0.3, -0.25) is 0 Å². The van der Waals surface area contributed by atoms with Crippen LogP contribution in [-0.4, -0.2) is 7.05 Å². The summed E-state index contributed by atoms with van der Waals surface area (Å²) in [5, 5.41) is 8.45. The number of hydroxylamine groups is 1. The SMILES string of the molecule is CNOc1ccc(C#N)cc1. The van der Waals surface area contributed by atoms with E-state index in [1.54, 1.807) is 31.3 Å². The van der Waals surface area contributed by atoms with Gasteiger partial charge in [0.1, 0.15) is 5.75 Å². The molecule has 1 aromatic rings. The summed E-state index contributed by atoms with van der Waals surface area (Å²) < 4.78 is 0. The Morgan fingerprint density at radius 1 is 1.36 bits per heavy atom. The average Bonchev–Trinajstić information content (AvgIpc) is 2.07. The third-order valence-electron chi connectivity index (χ3n) is 1.20. The van der Waals surface area contributed by atoms with Crippen molar-refractivity contribution >= 4 is 0 Å². The Morgan fingerprint density at radius 3 is 2.45 bits per heavy atom. The van der Waals surface area contributed by atoms with Crippen molar-refractivity contribution in [2.24, 2.45) is 0 Å². The van der Waals surface area contributed by atoms with Crippen LogP contribution in [-0.2, 0) is 0 Å². The molecular formula is C8H8N2O. The molecular weight excluding hydrogens is 140 g/mol. The van der Waals surface area contributed by atoms with Gasteiger partial charge in [0.25, 0.3) is 0 Å². The maximum atomic E-state index is 8.45. The average molecular weight is 148 g/mol. The fourth-order valence-electron chi connectivity index (χ4n) is 0.715. The van der Waals surface area contributed by atoms with Gasteiger partial charge in [-0.2, -0.15) is 10.7 Å². The monoisotopic (exact) mass is 148 g/mol. The molecule has 0 amide bonds. The molecule has 0 heterocycles. The van der Waals surface area contributed by atoms with Crippen LogP contribution in [0.5, 0.6) is 5.75 Å². The van der Waals surface area contributed by atoms with E-state index in [1.807, 2.05) is 6.07 Å². The molecule has 56 valence electrons. The first-order valence-corrected chi connectivity index (χ1v) is 3.20. The van der Waals surface area contributed by atoms with E-state index in [9.17, 15) is 0 Å². The normalized spacial score (nSPS) is 8.73. The molecule has 0 saturated heterocycles. The van der Waals surface area contributed by atoms with Gasteiger partial charge < -0.3 is 4.84 Å². The number of nitrogens with zero attached hydrogens (tertiary/aromatic N) is 1. The zero-order chi connectivity index (χ0) is 8.10. The molecule has 1 aromatic carbocycles. The minimum Gasteiger partial charge on any atom is -0.409 e. The summed E-state index contributed by atoms with van der Waals surface area (Å²) in [5.74, 6) is 0.700. The van der Waals surface area contributed by atoms with E-state index >= 15 is 0 Å².